The molecule has 3 rings (SSSR count). The Bertz CT molecular complexity index is 834. The highest BCUT2D eigenvalue weighted by atomic mass is 32.2. The first-order valence-electron chi connectivity index (χ1n) is 8.80. The first-order valence-corrected chi connectivity index (χ1v) is 9.62. The van der Waals surface area contributed by atoms with E-state index in [1.807, 2.05) is 24.3 Å². The zero-order chi connectivity index (χ0) is 19.0. The van der Waals surface area contributed by atoms with Gasteiger partial charge >= 0.3 is 0 Å². The predicted molar refractivity (Wildman–Crippen MR) is 115 cm³/mol. The number of hydrogen-bond donors (Lipinski definition) is 0. The van der Waals surface area contributed by atoms with Crippen LogP contribution in [0.2, 0.25) is 0 Å². The molecular weight excluding hydrogens is 350 g/mol. The number of azide groups is 1. The molecular formula is C23H21N3S. The number of rotatable bonds is 7. The molecule has 0 radical (unpaired) electrons. The molecule has 0 aliphatic heterocycles. The van der Waals surface area contributed by atoms with E-state index in [0.717, 1.165) is 4.91 Å². The molecule has 134 valence electrons. The quantitative estimate of drug-likeness (QED) is 0.192. The fourth-order valence-electron chi connectivity index (χ4n) is 3.18. The number of benzene rings is 3. The Labute approximate surface area is 164 Å². The van der Waals surface area contributed by atoms with Crippen molar-refractivity contribution in [1.82, 2.24) is 0 Å². The molecule has 0 atom stereocenters. The second-order valence-corrected chi connectivity index (χ2v) is 7.57. The average molecular weight is 372 g/mol. The van der Waals surface area contributed by atoms with Crippen LogP contribution in [-0.2, 0) is 4.75 Å². The minimum Gasteiger partial charge on any atom is -0.110 e. The normalized spacial score (nSPS) is 11.7. The summed E-state index contributed by atoms with van der Waals surface area (Å²) in [4.78, 5) is 3.96. The van der Waals surface area contributed by atoms with Gasteiger partial charge in [0.05, 0.1) is 4.75 Å². The van der Waals surface area contributed by atoms with Gasteiger partial charge in [-0.1, -0.05) is 102 Å². The highest BCUT2D eigenvalue weighted by Crippen LogP contribution is 2.51. The SMILES string of the molecule is CC(=CCN=[N+]=[N-])SC(c1ccccc1)(c1ccccc1)c1ccccc1. The van der Waals surface area contributed by atoms with E-state index < -0.39 is 0 Å². The lowest BCUT2D eigenvalue weighted by Crippen LogP contribution is -2.25. The zero-order valence-electron chi connectivity index (χ0n) is 15.2. The topological polar surface area (TPSA) is 48.8 Å². The van der Waals surface area contributed by atoms with Gasteiger partial charge in [0.1, 0.15) is 0 Å². The van der Waals surface area contributed by atoms with Crippen LogP contribution in [0.1, 0.15) is 23.6 Å². The van der Waals surface area contributed by atoms with Gasteiger partial charge in [-0.05, 0) is 34.1 Å². The summed E-state index contributed by atoms with van der Waals surface area (Å²) < 4.78 is -0.388. The Kier molecular flexibility index (Phi) is 6.37. The molecule has 0 unspecified atom stereocenters. The number of allylic oxidation sites excluding steroid dienone is 1. The van der Waals surface area contributed by atoms with Gasteiger partial charge in [0.15, 0.2) is 0 Å². The van der Waals surface area contributed by atoms with E-state index >= 15 is 0 Å². The summed E-state index contributed by atoms with van der Waals surface area (Å²) in [5.74, 6) is 0. The van der Waals surface area contributed by atoms with Crippen LogP contribution in [0.5, 0.6) is 0 Å². The number of nitrogens with zero attached hydrogens (tertiary/aromatic N) is 3. The van der Waals surface area contributed by atoms with Crippen LogP contribution in [0, 0.1) is 0 Å². The first kappa shape index (κ1) is 18.8. The third kappa shape index (κ3) is 4.25. The monoisotopic (exact) mass is 371 g/mol. The maximum Gasteiger partial charge on any atom is 0.0950 e. The molecule has 4 heteroatoms. The first-order chi connectivity index (χ1) is 13.3. The van der Waals surface area contributed by atoms with E-state index in [2.05, 4.69) is 89.7 Å². The second-order valence-electron chi connectivity index (χ2n) is 6.11. The Morgan fingerprint density at radius 2 is 1.26 bits per heavy atom. The van der Waals surface area contributed by atoms with Crippen LogP contribution in [-0.4, -0.2) is 6.54 Å². The summed E-state index contributed by atoms with van der Waals surface area (Å²) in [5.41, 5.74) is 12.2. The molecule has 0 heterocycles. The van der Waals surface area contributed by atoms with Crippen LogP contribution in [0.15, 0.2) is 107 Å². The van der Waals surface area contributed by atoms with Gasteiger partial charge in [0.2, 0.25) is 0 Å². The lowest BCUT2D eigenvalue weighted by molar-refractivity contribution is 0.898. The number of hydrogen-bond acceptors (Lipinski definition) is 2. The molecule has 0 saturated heterocycles. The molecule has 27 heavy (non-hydrogen) atoms. The van der Waals surface area contributed by atoms with E-state index in [1.54, 1.807) is 11.8 Å². The summed E-state index contributed by atoms with van der Waals surface area (Å²) in [5, 5.41) is 3.65. The van der Waals surface area contributed by atoms with Gasteiger partial charge in [0, 0.05) is 11.5 Å². The molecule has 0 aliphatic rings. The molecule has 0 saturated carbocycles. The van der Waals surface area contributed by atoms with E-state index in [4.69, 9.17) is 5.53 Å². The number of thioether (sulfide) groups is 1. The van der Waals surface area contributed by atoms with Gasteiger partial charge in [0.25, 0.3) is 0 Å². The molecule has 0 bridgehead atoms. The lowest BCUT2D eigenvalue weighted by Gasteiger charge is -2.35. The fraction of sp³-hybridized carbons (Fsp3) is 0.130. The van der Waals surface area contributed by atoms with Crippen LogP contribution in [0.25, 0.3) is 10.4 Å². The highest BCUT2D eigenvalue weighted by Gasteiger charge is 2.37. The van der Waals surface area contributed by atoms with Gasteiger partial charge in [-0.25, -0.2) is 0 Å². The van der Waals surface area contributed by atoms with Gasteiger partial charge in [-0.15, -0.1) is 11.8 Å². The van der Waals surface area contributed by atoms with Crippen molar-refractivity contribution in [2.75, 3.05) is 6.54 Å². The van der Waals surface area contributed by atoms with Crippen LogP contribution in [0.4, 0.5) is 0 Å². The Morgan fingerprint density at radius 3 is 1.63 bits per heavy atom. The third-order valence-corrected chi connectivity index (χ3v) is 5.88. The van der Waals surface area contributed by atoms with Crippen LogP contribution >= 0.6 is 11.8 Å². The van der Waals surface area contributed by atoms with Crippen LogP contribution < -0.4 is 0 Å². The molecule has 0 amide bonds. The van der Waals surface area contributed by atoms with Crippen molar-refractivity contribution in [2.24, 2.45) is 5.11 Å². The Balaban J connectivity index is 2.23. The summed E-state index contributed by atoms with van der Waals surface area (Å²) >= 11 is 1.78. The minimum absolute atomic E-state index is 0.351. The van der Waals surface area contributed by atoms with Crippen molar-refractivity contribution in [2.45, 2.75) is 11.7 Å². The van der Waals surface area contributed by atoms with Crippen molar-refractivity contribution < 1.29 is 0 Å². The maximum atomic E-state index is 8.57. The summed E-state index contributed by atoms with van der Waals surface area (Å²) in [6, 6.07) is 31.6. The molecule has 0 aliphatic carbocycles. The molecule has 3 aromatic carbocycles. The lowest BCUT2D eigenvalue weighted by atomic mass is 9.84. The third-order valence-electron chi connectivity index (χ3n) is 4.38. The molecule has 0 aromatic heterocycles. The van der Waals surface area contributed by atoms with Crippen molar-refractivity contribution >= 4 is 11.8 Å². The molecule has 3 nitrogen and oxygen atoms in total. The highest BCUT2D eigenvalue weighted by molar-refractivity contribution is 8.04. The van der Waals surface area contributed by atoms with Crippen molar-refractivity contribution in [3.05, 3.63) is 129 Å². The van der Waals surface area contributed by atoms with E-state index in [9.17, 15) is 0 Å². The molecule has 0 N–H and O–H groups in total. The largest absolute Gasteiger partial charge is 0.110 e. The molecule has 0 fully saturated rings. The molecule has 0 spiro atoms. The van der Waals surface area contributed by atoms with Crippen molar-refractivity contribution in [1.29, 1.82) is 0 Å². The average Bonchev–Trinajstić information content (AvgIpc) is 2.74. The van der Waals surface area contributed by atoms with E-state index in [-0.39, 0.29) is 4.75 Å². The summed E-state index contributed by atoms with van der Waals surface area (Å²) in [6.45, 7) is 2.42. The van der Waals surface area contributed by atoms with E-state index in [1.165, 1.54) is 16.7 Å². The maximum absolute atomic E-state index is 8.57. The van der Waals surface area contributed by atoms with Gasteiger partial charge < -0.3 is 0 Å². The van der Waals surface area contributed by atoms with Gasteiger partial charge in [-0.2, -0.15) is 0 Å². The standard InChI is InChI=1S/C23H21N3S/c1-19(17-18-25-26-24)27-23(20-11-5-2-6-12-20,21-13-7-3-8-14-21)22-15-9-4-10-16-22/h2-17H,18H2,1H3. The summed E-state index contributed by atoms with van der Waals surface area (Å²) in [7, 11) is 0. The zero-order valence-corrected chi connectivity index (χ0v) is 16.0. The Morgan fingerprint density at radius 1 is 0.852 bits per heavy atom. The Hall–Kier alpha value is -2.94. The van der Waals surface area contributed by atoms with Crippen LogP contribution in [0.3, 0.4) is 0 Å². The van der Waals surface area contributed by atoms with Crippen molar-refractivity contribution in [3.8, 4) is 0 Å². The molecule has 3 aromatic rings. The minimum atomic E-state index is -0.388. The smallest absolute Gasteiger partial charge is 0.0950 e. The second kappa shape index (κ2) is 9.13. The van der Waals surface area contributed by atoms with Crippen molar-refractivity contribution in [3.63, 3.8) is 0 Å². The summed E-state index contributed by atoms with van der Waals surface area (Å²) in [6.07, 6.45) is 1.98. The van der Waals surface area contributed by atoms with E-state index in [0.29, 0.717) is 6.54 Å². The predicted octanol–water partition coefficient (Wildman–Crippen LogP) is 6.93. The fourth-order valence-corrected chi connectivity index (χ4v) is 4.59. The van der Waals surface area contributed by atoms with Gasteiger partial charge in [-0.3, -0.25) is 0 Å².